The third kappa shape index (κ3) is 4.07. The Kier molecular flexibility index (Phi) is 5.55. The summed E-state index contributed by atoms with van der Waals surface area (Å²) in [6, 6.07) is 13.6. The molecule has 1 spiro atoms. The summed E-state index contributed by atoms with van der Waals surface area (Å²) in [5.74, 6) is 1.83. The molecule has 1 N–H and O–H groups in total. The van der Waals surface area contributed by atoms with Gasteiger partial charge in [-0.15, -0.1) is 10.2 Å². The van der Waals surface area contributed by atoms with Crippen LogP contribution in [0.3, 0.4) is 0 Å². The highest BCUT2D eigenvalue weighted by atomic mass is 32.2. The molecule has 1 aliphatic heterocycles. The standard InChI is InChI=1S/C24H26N4O3S/c1-16-8-4-5-9-19(16)28-17(2)26-27-23(28)32-15-22(29)25-18-10-11-20-21(14-18)31-24(30-20)12-6-3-7-13-24/h4-5,8-11,14H,3,6-7,12-13,15H2,1-2H3,(H,25,29). The fourth-order valence-electron chi connectivity index (χ4n) is 4.32. The molecular weight excluding hydrogens is 424 g/mol. The van der Waals surface area contributed by atoms with Gasteiger partial charge in [-0.25, -0.2) is 0 Å². The minimum atomic E-state index is -0.517. The molecule has 1 saturated carbocycles. The van der Waals surface area contributed by atoms with E-state index in [1.54, 1.807) is 0 Å². The molecule has 5 rings (SSSR count). The second-order valence-corrected chi connectivity index (χ2v) is 9.27. The molecule has 166 valence electrons. The van der Waals surface area contributed by atoms with Crippen molar-refractivity contribution < 1.29 is 14.3 Å². The van der Waals surface area contributed by atoms with Crippen LogP contribution in [0.15, 0.2) is 47.6 Å². The zero-order chi connectivity index (χ0) is 22.1. The summed E-state index contributed by atoms with van der Waals surface area (Å²) < 4.78 is 14.3. The van der Waals surface area contributed by atoms with Gasteiger partial charge in [0.2, 0.25) is 5.91 Å². The molecule has 0 atom stereocenters. The molecule has 1 fully saturated rings. The van der Waals surface area contributed by atoms with E-state index in [-0.39, 0.29) is 11.7 Å². The number of benzene rings is 2. The number of hydrogen-bond donors (Lipinski definition) is 1. The van der Waals surface area contributed by atoms with Crippen molar-refractivity contribution in [2.24, 2.45) is 0 Å². The molecule has 32 heavy (non-hydrogen) atoms. The second-order valence-electron chi connectivity index (χ2n) is 8.33. The number of hydrogen-bond acceptors (Lipinski definition) is 6. The molecule has 0 bridgehead atoms. The van der Waals surface area contributed by atoms with Crippen LogP contribution >= 0.6 is 11.8 Å². The van der Waals surface area contributed by atoms with E-state index < -0.39 is 5.79 Å². The average Bonchev–Trinajstić information content (AvgIpc) is 3.32. The molecule has 1 amide bonds. The molecule has 0 unspecified atom stereocenters. The maximum Gasteiger partial charge on any atom is 0.251 e. The van der Waals surface area contributed by atoms with E-state index in [1.807, 2.05) is 60.9 Å². The minimum absolute atomic E-state index is 0.113. The van der Waals surface area contributed by atoms with Gasteiger partial charge < -0.3 is 14.8 Å². The number of carbonyl (C=O) groups is 1. The first-order valence-corrected chi connectivity index (χ1v) is 11.9. The molecule has 1 aliphatic carbocycles. The van der Waals surface area contributed by atoms with Crippen LogP contribution in [0.25, 0.3) is 5.69 Å². The van der Waals surface area contributed by atoms with Crippen molar-refractivity contribution in [3.05, 3.63) is 53.9 Å². The van der Waals surface area contributed by atoms with Crippen molar-refractivity contribution in [2.75, 3.05) is 11.1 Å². The number of nitrogens with one attached hydrogen (secondary N) is 1. The molecule has 7 nitrogen and oxygen atoms in total. The third-order valence-corrected chi connectivity index (χ3v) is 6.85. The van der Waals surface area contributed by atoms with E-state index in [0.717, 1.165) is 48.5 Å². The van der Waals surface area contributed by atoms with E-state index in [2.05, 4.69) is 15.5 Å². The summed E-state index contributed by atoms with van der Waals surface area (Å²) in [7, 11) is 0. The number of fused-ring (bicyclic) bond motifs is 1. The molecule has 1 aromatic heterocycles. The number of aryl methyl sites for hydroxylation is 2. The Labute approximate surface area is 191 Å². The van der Waals surface area contributed by atoms with Gasteiger partial charge in [0, 0.05) is 24.6 Å². The topological polar surface area (TPSA) is 78.3 Å². The Hall–Kier alpha value is -3.00. The molecule has 8 heteroatoms. The summed E-state index contributed by atoms with van der Waals surface area (Å²) in [6.07, 6.45) is 5.26. The number of amides is 1. The summed E-state index contributed by atoms with van der Waals surface area (Å²) in [6.45, 7) is 3.96. The average molecular weight is 451 g/mol. The normalized spacial score (nSPS) is 16.3. The molecule has 0 radical (unpaired) electrons. The first-order valence-electron chi connectivity index (χ1n) is 11.0. The molecule has 0 saturated heterocycles. The van der Waals surface area contributed by atoms with Crippen LogP contribution in [0.4, 0.5) is 5.69 Å². The second kappa shape index (κ2) is 8.50. The van der Waals surface area contributed by atoms with Gasteiger partial charge in [0.1, 0.15) is 5.82 Å². The monoisotopic (exact) mass is 450 g/mol. The smallest absolute Gasteiger partial charge is 0.251 e. The predicted molar refractivity (Wildman–Crippen MR) is 124 cm³/mol. The van der Waals surface area contributed by atoms with Crippen LogP contribution in [-0.4, -0.2) is 32.2 Å². The van der Waals surface area contributed by atoms with E-state index in [0.29, 0.717) is 16.6 Å². The number of rotatable bonds is 5. The number of nitrogens with zero attached hydrogens (tertiary/aromatic N) is 3. The number of aromatic nitrogens is 3. The Morgan fingerprint density at radius 3 is 2.66 bits per heavy atom. The maximum absolute atomic E-state index is 12.6. The molecule has 2 heterocycles. The molecule has 2 aromatic carbocycles. The van der Waals surface area contributed by atoms with Gasteiger partial charge in [-0.3, -0.25) is 9.36 Å². The van der Waals surface area contributed by atoms with Crippen molar-refractivity contribution >= 4 is 23.4 Å². The highest BCUT2D eigenvalue weighted by molar-refractivity contribution is 7.99. The van der Waals surface area contributed by atoms with Crippen molar-refractivity contribution in [2.45, 2.75) is 56.9 Å². The Balaban J connectivity index is 1.24. The van der Waals surface area contributed by atoms with Crippen LogP contribution < -0.4 is 14.8 Å². The van der Waals surface area contributed by atoms with E-state index in [1.165, 1.54) is 18.2 Å². The zero-order valence-electron chi connectivity index (χ0n) is 18.3. The lowest BCUT2D eigenvalue weighted by atomic mass is 9.94. The van der Waals surface area contributed by atoms with E-state index in [9.17, 15) is 4.79 Å². The van der Waals surface area contributed by atoms with Crippen LogP contribution in [0.1, 0.15) is 43.5 Å². The largest absolute Gasteiger partial charge is 0.448 e. The van der Waals surface area contributed by atoms with Gasteiger partial charge in [0.05, 0.1) is 11.4 Å². The summed E-state index contributed by atoms with van der Waals surface area (Å²) >= 11 is 1.36. The van der Waals surface area contributed by atoms with Crippen molar-refractivity contribution in [3.63, 3.8) is 0 Å². The third-order valence-electron chi connectivity index (χ3n) is 5.92. The van der Waals surface area contributed by atoms with Crippen LogP contribution in [-0.2, 0) is 4.79 Å². The van der Waals surface area contributed by atoms with Gasteiger partial charge >= 0.3 is 0 Å². The molecular formula is C24H26N4O3S. The van der Waals surface area contributed by atoms with Gasteiger partial charge in [-0.2, -0.15) is 0 Å². The highest BCUT2D eigenvalue weighted by Gasteiger charge is 2.42. The van der Waals surface area contributed by atoms with Crippen molar-refractivity contribution in [3.8, 4) is 17.2 Å². The van der Waals surface area contributed by atoms with Crippen molar-refractivity contribution in [1.82, 2.24) is 14.8 Å². The molecule has 3 aromatic rings. The number of anilines is 1. The lowest BCUT2D eigenvalue weighted by Crippen LogP contribution is -2.40. The highest BCUT2D eigenvalue weighted by Crippen LogP contribution is 2.46. The van der Waals surface area contributed by atoms with Crippen LogP contribution in [0, 0.1) is 13.8 Å². The van der Waals surface area contributed by atoms with Crippen LogP contribution in [0.2, 0.25) is 0 Å². The summed E-state index contributed by atoms with van der Waals surface area (Å²) in [5, 5.41) is 12.1. The van der Waals surface area contributed by atoms with Gasteiger partial charge in [0.25, 0.3) is 5.79 Å². The minimum Gasteiger partial charge on any atom is -0.448 e. The van der Waals surface area contributed by atoms with E-state index in [4.69, 9.17) is 9.47 Å². The van der Waals surface area contributed by atoms with Gasteiger partial charge in [-0.05, 0) is 50.5 Å². The van der Waals surface area contributed by atoms with Crippen LogP contribution in [0.5, 0.6) is 11.5 Å². The fraction of sp³-hybridized carbons (Fsp3) is 0.375. The Morgan fingerprint density at radius 1 is 1.06 bits per heavy atom. The number of para-hydroxylation sites is 1. The van der Waals surface area contributed by atoms with Gasteiger partial charge in [0.15, 0.2) is 16.7 Å². The summed E-state index contributed by atoms with van der Waals surface area (Å²) in [4.78, 5) is 12.6. The quantitative estimate of drug-likeness (QED) is 0.548. The van der Waals surface area contributed by atoms with Gasteiger partial charge in [-0.1, -0.05) is 36.4 Å². The first kappa shape index (κ1) is 20.9. The lowest BCUT2D eigenvalue weighted by Gasteiger charge is -2.31. The Morgan fingerprint density at radius 2 is 1.84 bits per heavy atom. The maximum atomic E-state index is 12.6. The zero-order valence-corrected chi connectivity index (χ0v) is 19.1. The van der Waals surface area contributed by atoms with Crippen molar-refractivity contribution in [1.29, 1.82) is 0 Å². The number of carbonyl (C=O) groups excluding carboxylic acids is 1. The fourth-order valence-corrected chi connectivity index (χ4v) is 5.11. The number of thioether (sulfide) groups is 1. The Bertz CT molecular complexity index is 1150. The van der Waals surface area contributed by atoms with E-state index >= 15 is 0 Å². The predicted octanol–water partition coefficient (Wildman–Crippen LogP) is 5.05. The lowest BCUT2D eigenvalue weighted by molar-refractivity contribution is -0.113. The summed E-state index contributed by atoms with van der Waals surface area (Å²) in [5.41, 5.74) is 2.84. The SMILES string of the molecule is Cc1ccccc1-n1c(C)nnc1SCC(=O)Nc1ccc2c(c1)OC1(CCCCC1)O2. The number of ether oxygens (including phenoxy) is 2. The first-order chi connectivity index (χ1) is 15.5. The molecule has 2 aliphatic rings.